The minimum Gasteiger partial charge on any atom is -0.463 e. The molecule has 0 radical (unpaired) electrons. The van der Waals surface area contributed by atoms with E-state index in [1.54, 1.807) is 21.8 Å². The number of hydrogen-bond donors (Lipinski definition) is 3. The van der Waals surface area contributed by atoms with Gasteiger partial charge in [0, 0.05) is 0 Å². The monoisotopic (exact) mass is 651 g/mol. The Hall–Kier alpha value is -4.19. The van der Waals surface area contributed by atoms with Gasteiger partial charge in [0.25, 0.3) is 0 Å². The Morgan fingerprint density at radius 3 is 1.56 bits per heavy atom. The molecule has 4 aromatic heterocycles. The molecular formula is C27H42ClN11O6. The Morgan fingerprint density at radius 1 is 0.689 bits per heavy atom. The molecule has 17 nitrogen and oxygen atoms in total. The van der Waals surface area contributed by atoms with E-state index in [9.17, 15) is 9.59 Å². The van der Waals surface area contributed by atoms with Gasteiger partial charge in [0.1, 0.15) is 56.4 Å². The number of nitrogens with zero attached hydrogens (tertiary/aromatic N) is 8. The Balaban J connectivity index is 0.000000307. The van der Waals surface area contributed by atoms with E-state index in [1.807, 2.05) is 34.6 Å². The summed E-state index contributed by atoms with van der Waals surface area (Å²) < 4.78 is 24.5. The molecule has 248 valence electrons. The third-order valence-corrected chi connectivity index (χ3v) is 6.63. The fraction of sp³-hybridized carbons (Fsp3) is 0.556. The van der Waals surface area contributed by atoms with Crippen LogP contribution in [0, 0.1) is 17.8 Å². The number of anilines is 2. The highest BCUT2D eigenvalue weighted by Crippen LogP contribution is 2.15. The second-order valence-electron chi connectivity index (χ2n) is 10.5. The SMILES string of the molecule is CC(C)C(C)C(=O)OCCOCn1cnc2c(N)ncnc21.CC(C)C(N)C(=O)OCCOCn1cnc2c(N)ncnc21.Cl. The van der Waals surface area contributed by atoms with Crippen molar-refractivity contribution in [3.63, 3.8) is 0 Å². The normalized spacial score (nSPS) is 12.4. The van der Waals surface area contributed by atoms with Gasteiger partial charge in [-0.1, -0.05) is 34.6 Å². The lowest BCUT2D eigenvalue weighted by Gasteiger charge is -2.14. The number of rotatable bonds is 14. The van der Waals surface area contributed by atoms with Crippen LogP contribution in [-0.4, -0.2) is 83.4 Å². The van der Waals surface area contributed by atoms with Crippen LogP contribution in [0.15, 0.2) is 25.3 Å². The van der Waals surface area contributed by atoms with E-state index in [0.29, 0.717) is 40.6 Å². The van der Waals surface area contributed by atoms with Crippen molar-refractivity contribution in [2.45, 2.75) is 54.1 Å². The van der Waals surface area contributed by atoms with Crippen molar-refractivity contribution in [1.29, 1.82) is 0 Å². The van der Waals surface area contributed by atoms with Crippen molar-refractivity contribution >= 4 is 58.3 Å². The Morgan fingerprint density at radius 2 is 1.13 bits per heavy atom. The molecule has 0 saturated carbocycles. The highest BCUT2D eigenvalue weighted by Gasteiger charge is 2.19. The van der Waals surface area contributed by atoms with Gasteiger partial charge in [-0.25, -0.2) is 29.9 Å². The first-order valence-corrected chi connectivity index (χ1v) is 14.1. The summed E-state index contributed by atoms with van der Waals surface area (Å²) in [4.78, 5) is 47.4. The van der Waals surface area contributed by atoms with Crippen molar-refractivity contribution in [3.05, 3.63) is 25.3 Å². The largest absolute Gasteiger partial charge is 0.463 e. The number of hydrogen-bond acceptors (Lipinski definition) is 15. The van der Waals surface area contributed by atoms with Gasteiger partial charge in [0.05, 0.1) is 31.8 Å². The lowest BCUT2D eigenvalue weighted by molar-refractivity contribution is -0.151. The number of nitrogens with two attached hydrogens (primary N) is 3. The maximum atomic E-state index is 11.7. The first-order valence-electron chi connectivity index (χ1n) is 14.1. The molecular weight excluding hydrogens is 610 g/mol. The average Bonchev–Trinajstić information content (AvgIpc) is 3.61. The van der Waals surface area contributed by atoms with Crippen LogP contribution in [0.5, 0.6) is 0 Å². The summed E-state index contributed by atoms with van der Waals surface area (Å²) in [7, 11) is 0. The predicted octanol–water partition coefficient (Wildman–Crippen LogP) is 1.55. The molecule has 0 aliphatic carbocycles. The third kappa shape index (κ3) is 10.4. The van der Waals surface area contributed by atoms with Crippen LogP contribution in [0.4, 0.5) is 11.6 Å². The van der Waals surface area contributed by atoms with Gasteiger partial charge < -0.3 is 36.1 Å². The summed E-state index contributed by atoms with van der Waals surface area (Å²) in [6, 6.07) is -0.614. The molecule has 0 aliphatic rings. The Bertz CT molecular complexity index is 1400. The molecule has 2 atom stereocenters. The zero-order valence-corrected chi connectivity index (χ0v) is 26.8. The van der Waals surface area contributed by atoms with Crippen molar-refractivity contribution in [1.82, 2.24) is 39.0 Å². The van der Waals surface area contributed by atoms with Crippen molar-refractivity contribution in [3.8, 4) is 0 Å². The highest BCUT2D eigenvalue weighted by atomic mass is 35.5. The second kappa shape index (κ2) is 17.9. The predicted molar refractivity (Wildman–Crippen MR) is 167 cm³/mol. The van der Waals surface area contributed by atoms with E-state index < -0.39 is 12.0 Å². The van der Waals surface area contributed by atoms with Crippen LogP contribution in [0.2, 0.25) is 0 Å². The van der Waals surface area contributed by atoms with Gasteiger partial charge in [0.15, 0.2) is 22.9 Å². The van der Waals surface area contributed by atoms with Gasteiger partial charge in [-0.2, -0.15) is 0 Å². The fourth-order valence-electron chi connectivity index (χ4n) is 3.49. The minimum absolute atomic E-state index is 0. The van der Waals surface area contributed by atoms with Crippen molar-refractivity contribution in [2.24, 2.45) is 23.5 Å². The molecule has 0 saturated heterocycles. The molecule has 2 unspecified atom stereocenters. The third-order valence-electron chi connectivity index (χ3n) is 6.63. The van der Waals surface area contributed by atoms with Crippen LogP contribution in [-0.2, 0) is 42.0 Å². The lowest BCUT2D eigenvalue weighted by atomic mass is 9.99. The van der Waals surface area contributed by atoms with E-state index in [0.717, 1.165) is 0 Å². The molecule has 6 N–H and O–H groups in total. The summed E-state index contributed by atoms with van der Waals surface area (Å²) in [5, 5.41) is 0. The highest BCUT2D eigenvalue weighted by molar-refractivity contribution is 5.85. The maximum absolute atomic E-state index is 11.7. The molecule has 0 bridgehead atoms. The number of fused-ring (bicyclic) bond motifs is 2. The van der Waals surface area contributed by atoms with Gasteiger partial charge in [0.2, 0.25) is 0 Å². The topological polar surface area (TPSA) is 236 Å². The van der Waals surface area contributed by atoms with Crippen LogP contribution in [0.25, 0.3) is 22.3 Å². The Kier molecular flexibility index (Phi) is 14.8. The van der Waals surface area contributed by atoms with Gasteiger partial charge in [-0.05, 0) is 11.8 Å². The molecule has 4 rings (SSSR count). The summed E-state index contributed by atoms with van der Waals surface area (Å²) in [5.74, 6) is 0.212. The fourth-order valence-corrected chi connectivity index (χ4v) is 3.49. The molecule has 45 heavy (non-hydrogen) atoms. The van der Waals surface area contributed by atoms with E-state index in [4.69, 9.17) is 36.1 Å². The zero-order chi connectivity index (χ0) is 32.2. The smallest absolute Gasteiger partial charge is 0.323 e. The molecule has 0 spiro atoms. The van der Waals surface area contributed by atoms with Crippen molar-refractivity contribution < 1.29 is 28.5 Å². The standard InChI is InChI=1S/C14H21N5O3.C13H20N6O3.ClH/c1-9(2)10(3)14(20)22-5-4-21-8-19-7-18-11-12(15)16-6-17-13(11)19;1-8(2)9(14)13(20)22-4-3-21-7-19-6-18-10-11(15)16-5-17-12(10)19;/h6-7,9-10H,4-5,8H2,1-3H3,(H2,15,16,17);5-6,8-9H,3-4,7,14H2,1-2H3,(H2,15,16,17);1H. The van der Waals surface area contributed by atoms with Crippen LogP contribution in [0.3, 0.4) is 0 Å². The number of halogens is 1. The zero-order valence-electron chi connectivity index (χ0n) is 26.0. The number of ether oxygens (including phenoxy) is 4. The van der Waals surface area contributed by atoms with Crippen LogP contribution >= 0.6 is 12.4 Å². The second-order valence-corrected chi connectivity index (χ2v) is 10.5. The molecule has 0 aliphatic heterocycles. The summed E-state index contributed by atoms with van der Waals surface area (Å²) in [5.41, 5.74) is 19.3. The summed E-state index contributed by atoms with van der Waals surface area (Å²) in [6.45, 7) is 10.9. The van der Waals surface area contributed by atoms with Gasteiger partial charge in [-0.3, -0.25) is 18.7 Å². The first kappa shape index (κ1) is 37.0. The first-order chi connectivity index (χ1) is 21.0. The molecule has 0 amide bonds. The number of carbonyl (C=O) groups excluding carboxylic acids is 2. The maximum Gasteiger partial charge on any atom is 0.323 e. The molecule has 0 aromatic carbocycles. The van der Waals surface area contributed by atoms with E-state index in [1.165, 1.54) is 12.7 Å². The molecule has 4 heterocycles. The number of nitrogen functional groups attached to an aromatic ring is 2. The quantitative estimate of drug-likeness (QED) is 0.129. The van der Waals surface area contributed by atoms with Crippen LogP contribution in [0.1, 0.15) is 34.6 Å². The average molecular weight is 652 g/mol. The van der Waals surface area contributed by atoms with E-state index in [2.05, 4.69) is 29.9 Å². The summed E-state index contributed by atoms with van der Waals surface area (Å²) in [6.07, 6.45) is 5.90. The van der Waals surface area contributed by atoms with Gasteiger partial charge >= 0.3 is 11.9 Å². The number of imidazole rings is 2. The lowest BCUT2D eigenvalue weighted by Crippen LogP contribution is -2.37. The van der Waals surface area contributed by atoms with E-state index >= 15 is 0 Å². The molecule has 4 aromatic rings. The number of aromatic nitrogens is 8. The van der Waals surface area contributed by atoms with E-state index in [-0.39, 0.29) is 69.4 Å². The molecule has 18 heteroatoms. The number of esters is 2. The van der Waals surface area contributed by atoms with Crippen LogP contribution < -0.4 is 17.2 Å². The minimum atomic E-state index is -0.614. The Labute approximate surface area is 266 Å². The number of carbonyl (C=O) groups is 2. The van der Waals surface area contributed by atoms with Crippen molar-refractivity contribution in [2.75, 3.05) is 37.9 Å². The molecule has 0 fully saturated rings. The van der Waals surface area contributed by atoms with Gasteiger partial charge in [-0.15, -0.1) is 12.4 Å². The summed E-state index contributed by atoms with van der Waals surface area (Å²) >= 11 is 0.